The highest BCUT2D eigenvalue weighted by molar-refractivity contribution is 7.99. The second kappa shape index (κ2) is 9.73. The molecule has 0 bridgehead atoms. The monoisotopic (exact) mass is 405 g/mol. The summed E-state index contributed by atoms with van der Waals surface area (Å²) in [5.74, 6) is -0.193. The Hall–Kier alpha value is -2.35. The van der Waals surface area contributed by atoms with Gasteiger partial charge in [0.15, 0.2) is 5.16 Å². The summed E-state index contributed by atoms with van der Waals surface area (Å²) in [6.07, 6.45) is 0.846. The van der Waals surface area contributed by atoms with Gasteiger partial charge >= 0.3 is 5.97 Å². The van der Waals surface area contributed by atoms with E-state index in [0.29, 0.717) is 28.2 Å². The molecular formula is C20H27N3O4S. The molecule has 1 amide bonds. The number of hydrogen-bond acceptors (Lipinski definition) is 6. The second-order valence-corrected chi connectivity index (χ2v) is 8.04. The summed E-state index contributed by atoms with van der Waals surface area (Å²) in [6, 6.07) is 4.80. The van der Waals surface area contributed by atoms with Gasteiger partial charge in [-0.25, -0.2) is 9.78 Å². The van der Waals surface area contributed by atoms with Crippen LogP contribution < -0.4 is 10.9 Å². The zero-order chi connectivity index (χ0) is 20.8. The number of amides is 1. The van der Waals surface area contributed by atoms with Gasteiger partial charge in [-0.05, 0) is 37.5 Å². The average molecular weight is 406 g/mol. The molecule has 1 N–H and O–H groups in total. The van der Waals surface area contributed by atoms with Crippen molar-refractivity contribution in [2.24, 2.45) is 5.92 Å². The van der Waals surface area contributed by atoms with Crippen molar-refractivity contribution < 1.29 is 14.3 Å². The first-order chi connectivity index (χ1) is 13.3. The van der Waals surface area contributed by atoms with Gasteiger partial charge in [-0.3, -0.25) is 14.2 Å². The Balaban J connectivity index is 2.43. The molecule has 0 saturated carbocycles. The lowest BCUT2D eigenvalue weighted by Crippen LogP contribution is -2.33. The molecule has 7 nitrogen and oxygen atoms in total. The third kappa shape index (κ3) is 5.34. The molecule has 0 aliphatic carbocycles. The molecule has 1 atom stereocenters. The number of aromatic nitrogens is 2. The van der Waals surface area contributed by atoms with Crippen molar-refractivity contribution >= 4 is 34.5 Å². The van der Waals surface area contributed by atoms with Crippen molar-refractivity contribution in [1.82, 2.24) is 14.9 Å². The Morgan fingerprint density at radius 1 is 1.29 bits per heavy atom. The molecule has 0 fully saturated rings. The summed E-state index contributed by atoms with van der Waals surface area (Å²) in [7, 11) is 1.30. The van der Waals surface area contributed by atoms with E-state index >= 15 is 0 Å². The molecule has 0 unspecified atom stereocenters. The molecule has 2 rings (SSSR count). The summed E-state index contributed by atoms with van der Waals surface area (Å²) in [5.41, 5.74) is 0.562. The number of ether oxygens (including phenoxy) is 1. The van der Waals surface area contributed by atoms with E-state index in [0.717, 1.165) is 6.42 Å². The number of carbonyl (C=O) groups excluding carboxylic acids is 2. The number of carbonyl (C=O) groups is 2. The third-order valence-corrected chi connectivity index (χ3v) is 5.22. The number of thioether (sulfide) groups is 1. The van der Waals surface area contributed by atoms with Gasteiger partial charge in [0.05, 0.1) is 29.3 Å². The second-order valence-electron chi connectivity index (χ2n) is 7.09. The maximum Gasteiger partial charge on any atom is 0.337 e. The molecule has 0 radical (unpaired) electrons. The molecule has 8 heteroatoms. The summed E-state index contributed by atoms with van der Waals surface area (Å²) >= 11 is 1.22. The highest BCUT2D eigenvalue weighted by atomic mass is 32.2. The van der Waals surface area contributed by atoms with Gasteiger partial charge in [0, 0.05) is 12.6 Å². The number of fused-ring (bicyclic) bond motifs is 1. The Morgan fingerprint density at radius 3 is 2.61 bits per heavy atom. The fraction of sp³-hybridized carbons (Fsp3) is 0.500. The Bertz CT molecular complexity index is 924. The number of methoxy groups -OCH3 is 1. The van der Waals surface area contributed by atoms with Crippen molar-refractivity contribution in [3.63, 3.8) is 0 Å². The molecule has 0 spiro atoms. The van der Waals surface area contributed by atoms with Gasteiger partial charge in [-0.15, -0.1) is 0 Å². The van der Waals surface area contributed by atoms with E-state index in [1.807, 2.05) is 27.7 Å². The Morgan fingerprint density at radius 2 is 2.00 bits per heavy atom. The van der Waals surface area contributed by atoms with Crippen molar-refractivity contribution in [3.8, 4) is 0 Å². The molecule has 1 aromatic heterocycles. The van der Waals surface area contributed by atoms with Crippen molar-refractivity contribution in [2.45, 2.75) is 51.9 Å². The quantitative estimate of drug-likeness (QED) is 0.413. The molecule has 0 saturated heterocycles. The Kier molecular flexibility index (Phi) is 7.62. The van der Waals surface area contributed by atoms with Gasteiger partial charge in [0.2, 0.25) is 5.91 Å². The van der Waals surface area contributed by atoms with Crippen LogP contribution >= 0.6 is 11.8 Å². The van der Waals surface area contributed by atoms with E-state index in [4.69, 9.17) is 4.74 Å². The normalized spacial score (nSPS) is 12.2. The summed E-state index contributed by atoms with van der Waals surface area (Å²) < 4.78 is 6.34. The van der Waals surface area contributed by atoms with Crippen molar-refractivity contribution in [1.29, 1.82) is 0 Å². The first kappa shape index (κ1) is 21.9. The van der Waals surface area contributed by atoms with Gasteiger partial charge in [-0.1, -0.05) is 32.5 Å². The maximum atomic E-state index is 13.0. The van der Waals surface area contributed by atoms with E-state index in [2.05, 4.69) is 10.3 Å². The minimum atomic E-state index is -0.489. The predicted octanol–water partition coefficient (Wildman–Crippen LogP) is 2.85. The number of rotatable bonds is 8. The van der Waals surface area contributed by atoms with Crippen LogP contribution in [0.2, 0.25) is 0 Å². The number of esters is 1. The minimum absolute atomic E-state index is 0.0955. The lowest BCUT2D eigenvalue weighted by molar-refractivity contribution is -0.119. The van der Waals surface area contributed by atoms with Crippen LogP contribution in [0.5, 0.6) is 0 Å². The van der Waals surface area contributed by atoms with Crippen LogP contribution in [0, 0.1) is 5.92 Å². The third-order valence-electron chi connectivity index (χ3n) is 4.24. The first-order valence-corrected chi connectivity index (χ1v) is 10.3. The van der Waals surface area contributed by atoms with E-state index in [-0.39, 0.29) is 29.2 Å². The van der Waals surface area contributed by atoms with Crippen LogP contribution in [0.4, 0.5) is 0 Å². The van der Waals surface area contributed by atoms with Crippen LogP contribution in [0.15, 0.2) is 28.2 Å². The van der Waals surface area contributed by atoms with Gasteiger partial charge in [0.1, 0.15) is 0 Å². The summed E-state index contributed by atoms with van der Waals surface area (Å²) in [6.45, 7) is 8.47. The zero-order valence-electron chi connectivity index (χ0n) is 16.9. The van der Waals surface area contributed by atoms with E-state index in [9.17, 15) is 14.4 Å². The van der Waals surface area contributed by atoms with E-state index in [1.54, 1.807) is 22.8 Å². The first-order valence-electron chi connectivity index (χ1n) is 9.31. The Labute approximate surface area is 168 Å². The molecule has 0 aliphatic heterocycles. The van der Waals surface area contributed by atoms with Crippen LogP contribution in [0.1, 0.15) is 44.5 Å². The van der Waals surface area contributed by atoms with Crippen molar-refractivity contribution in [2.75, 3.05) is 12.9 Å². The maximum absolute atomic E-state index is 13.0. The highest BCUT2D eigenvalue weighted by Gasteiger charge is 2.16. The van der Waals surface area contributed by atoms with Crippen LogP contribution in [0.25, 0.3) is 10.9 Å². The smallest absolute Gasteiger partial charge is 0.337 e. The molecular weight excluding hydrogens is 378 g/mol. The number of hydrogen-bond donors (Lipinski definition) is 1. The lowest BCUT2D eigenvalue weighted by atomic mass is 10.1. The molecule has 2 aromatic rings. The minimum Gasteiger partial charge on any atom is -0.465 e. The summed E-state index contributed by atoms with van der Waals surface area (Å²) in [4.78, 5) is 41.5. The number of nitrogens with zero attached hydrogens (tertiary/aromatic N) is 2. The number of nitrogens with one attached hydrogen (secondary N) is 1. The van der Waals surface area contributed by atoms with E-state index in [1.165, 1.54) is 18.9 Å². The fourth-order valence-corrected chi connectivity index (χ4v) is 3.45. The van der Waals surface area contributed by atoms with Crippen LogP contribution in [-0.4, -0.2) is 40.3 Å². The topological polar surface area (TPSA) is 90.3 Å². The van der Waals surface area contributed by atoms with Gasteiger partial charge < -0.3 is 10.1 Å². The lowest BCUT2D eigenvalue weighted by Gasteiger charge is -2.16. The summed E-state index contributed by atoms with van der Waals surface area (Å²) in [5, 5.41) is 3.80. The predicted molar refractivity (Wildman–Crippen MR) is 111 cm³/mol. The molecule has 0 aliphatic rings. The molecule has 28 heavy (non-hydrogen) atoms. The van der Waals surface area contributed by atoms with Crippen LogP contribution in [0.3, 0.4) is 0 Å². The van der Waals surface area contributed by atoms with Gasteiger partial charge in [-0.2, -0.15) is 0 Å². The SMILES string of the molecule is CC[C@H](C)NC(=O)CSc1nc2cc(C(=O)OC)ccc2c(=O)n1CC(C)C. The number of benzene rings is 1. The standard InChI is InChI=1S/C20H27N3O4S/c1-6-13(4)21-17(24)11-28-20-22-16-9-14(19(26)27-5)7-8-15(16)18(25)23(20)10-12(2)3/h7-9,12-13H,6,10-11H2,1-5H3,(H,21,24)/t13-/m0/s1. The fourth-order valence-electron chi connectivity index (χ4n) is 2.63. The van der Waals surface area contributed by atoms with Crippen molar-refractivity contribution in [3.05, 3.63) is 34.1 Å². The van der Waals surface area contributed by atoms with Gasteiger partial charge in [0.25, 0.3) is 5.56 Å². The molecule has 152 valence electrons. The highest BCUT2D eigenvalue weighted by Crippen LogP contribution is 2.20. The largest absolute Gasteiger partial charge is 0.465 e. The average Bonchev–Trinajstić information content (AvgIpc) is 2.67. The molecule has 1 heterocycles. The van der Waals surface area contributed by atoms with E-state index < -0.39 is 5.97 Å². The zero-order valence-corrected chi connectivity index (χ0v) is 17.8. The molecule has 1 aromatic carbocycles. The van der Waals surface area contributed by atoms with Crippen LogP contribution in [-0.2, 0) is 16.1 Å².